The number of rotatable bonds is 6. The molecule has 1 aliphatic carbocycles. The summed E-state index contributed by atoms with van der Waals surface area (Å²) in [5, 5.41) is 2.16. The number of hydrogen-bond donors (Lipinski definition) is 0. The quantitative estimate of drug-likeness (QED) is 0.172. The van der Waals surface area contributed by atoms with Gasteiger partial charge in [-0.1, -0.05) is 176 Å². The Bertz CT molecular complexity index is 3040. The zero-order chi connectivity index (χ0) is 37.1. The van der Waals surface area contributed by atoms with Crippen LogP contribution in [-0.2, 0) is 5.41 Å². The third kappa shape index (κ3) is 4.91. The molecule has 8 aromatic carbocycles. The summed E-state index contributed by atoms with van der Waals surface area (Å²) < 4.78 is 6.20. The van der Waals surface area contributed by atoms with Crippen LogP contribution in [0.4, 0.5) is 0 Å². The van der Waals surface area contributed by atoms with Crippen molar-refractivity contribution in [3.8, 4) is 56.2 Å². The van der Waals surface area contributed by atoms with E-state index in [4.69, 9.17) is 14.4 Å². The van der Waals surface area contributed by atoms with E-state index in [9.17, 15) is 0 Å². The highest BCUT2D eigenvalue weighted by atomic mass is 16.3. The zero-order valence-electron chi connectivity index (χ0n) is 30.4. The highest BCUT2D eigenvalue weighted by Gasteiger charge is 2.47. The van der Waals surface area contributed by atoms with Crippen LogP contribution in [-0.4, -0.2) is 9.97 Å². The van der Waals surface area contributed by atoms with Crippen molar-refractivity contribution in [3.63, 3.8) is 0 Å². The molecule has 0 saturated carbocycles. The number of nitrogens with zero attached hydrogens (tertiary/aromatic N) is 2. The average Bonchev–Trinajstić information content (AvgIpc) is 3.81. The molecule has 0 aliphatic heterocycles. The maximum atomic E-state index is 6.20. The van der Waals surface area contributed by atoms with Crippen LogP contribution in [0, 0.1) is 0 Å². The third-order valence-electron chi connectivity index (χ3n) is 11.4. The first-order valence-electron chi connectivity index (χ1n) is 19.1. The molecule has 0 spiro atoms. The van der Waals surface area contributed by atoms with Gasteiger partial charge in [0, 0.05) is 27.5 Å². The van der Waals surface area contributed by atoms with Crippen LogP contribution in [0.1, 0.15) is 22.3 Å². The Balaban J connectivity index is 1.18. The molecule has 0 unspecified atom stereocenters. The van der Waals surface area contributed by atoms with Crippen LogP contribution < -0.4 is 0 Å². The van der Waals surface area contributed by atoms with Gasteiger partial charge in [0.2, 0.25) is 0 Å². The van der Waals surface area contributed by atoms with Crippen LogP contribution in [0.5, 0.6) is 0 Å². The summed E-state index contributed by atoms with van der Waals surface area (Å²) in [5.41, 5.74) is 15.7. The SMILES string of the molecule is c1ccc(-c2nc(-c3ccc4oc5ccccc5c4c3)cc(-c3ccccc3-c3cccc4c3C(c3ccccc3)(c3ccccc3)c3ccccc3-4)n2)cc1. The molecule has 56 heavy (non-hydrogen) atoms. The van der Waals surface area contributed by atoms with E-state index >= 15 is 0 Å². The van der Waals surface area contributed by atoms with Crippen LogP contribution >= 0.6 is 0 Å². The molecule has 3 heteroatoms. The summed E-state index contributed by atoms with van der Waals surface area (Å²) in [6.45, 7) is 0. The van der Waals surface area contributed by atoms with Gasteiger partial charge < -0.3 is 4.42 Å². The summed E-state index contributed by atoms with van der Waals surface area (Å²) in [6.07, 6.45) is 0. The van der Waals surface area contributed by atoms with Crippen molar-refractivity contribution in [3.05, 3.63) is 229 Å². The van der Waals surface area contributed by atoms with Crippen LogP contribution in [0.15, 0.2) is 211 Å². The monoisotopic (exact) mass is 714 g/mol. The lowest BCUT2D eigenvalue weighted by Crippen LogP contribution is -2.29. The molecule has 10 aromatic rings. The standard InChI is InChI=1S/C53H34N2O/c1-4-17-35(18-5-1)52-54-47(36-31-32-50-45(33-36)42-26-13-15-30-49(42)56-50)34-48(55-52)41-25-11-10-23-39(41)43-27-16-28-44-40-24-12-14-29-46(40)53(51(43)44,37-19-6-2-7-20-37)38-21-8-3-9-22-38/h1-34H. The average molecular weight is 715 g/mol. The molecule has 2 aromatic heterocycles. The molecule has 0 fully saturated rings. The van der Waals surface area contributed by atoms with Crippen molar-refractivity contribution in [2.45, 2.75) is 5.41 Å². The second-order valence-corrected chi connectivity index (χ2v) is 14.4. The summed E-state index contributed by atoms with van der Waals surface area (Å²) >= 11 is 0. The Morgan fingerprint density at radius 3 is 1.66 bits per heavy atom. The fourth-order valence-corrected chi connectivity index (χ4v) is 9.00. The summed E-state index contributed by atoms with van der Waals surface area (Å²) in [4.78, 5) is 10.6. The fraction of sp³-hybridized carbons (Fsp3) is 0.0189. The molecule has 0 amide bonds. The summed E-state index contributed by atoms with van der Waals surface area (Å²) in [7, 11) is 0. The van der Waals surface area contributed by atoms with Crippen molar-refractivity contribution in [2.24, 2.45) is 0 Å². The third-order valence-corrected chi connectivity index (χ3v) is 11.4. The minimum atomic E-state index is -0.549. The van der Waals surface area contributed by atoms with E-state index < -0.39 is 5.41 Å². The van der Waals surface area contributed by atoms with Gasteiger partial charge in [-0.15, -0.1) is 0 Å². The van der Waals surface area contributed by atoms with Gasteiger partial charge in [-0.2, -0.15) is 0 Å². The predicted octanol–water partition coefficient (Wildman–Crippen LogP) is 13.4. The van der Waals surface area contributed by atoms with E-state index in [0.717, 1.165) is 55.6 Å². The first-order chi connectivity index (χ1) is 27.8. The minimum Gasteiger partial charge on any atom is -0.456 e. The van der Waals surface area contributed by atoms with Crippen molar-refractivity contribution < 1.29 is 4.42 Å². The molecule has 11 rings (SSSR count). The highest BCUT2D eigenvalue weighted by molar-refractivity contribution is 6.06. The lowest BCUT2D eigenvalue weighted by Gasteiger charge is -2.35. The van der Waals surface area contributed by atoms with Gasteiger partial charge in [-0.3, -0.25) is 0 Å². The topological polar surface area (TPSA) is 38.9 Å². The summed E-state index contributed by atoms with van der Waals surface area (Å²) in [6, 6.07) is 73.4. The molecular weight excluding hydrogens is 681 g/mol. The van der Waals surface area contributed by atoms with Crippen molar-refractivity contribution in [1.29, 1.82) is 0 Å². The molecule has 262 valence electrons. The number of benzene rings is 8. The van der Waals surface area contributed by atoms with Crippen LogP contribution in [0.2, 0.25) is 0 Å². The van der Waals surface area contributed by atoms with Gasteiger partial charge >= 0.3 is 0 Å². The molecular formula is C53H34N2O. The normalized spacial score (nSPS) is 12.8. The van der Waals surface area contributed by atoms with E-state index in [1.54, 1.807) is 0 Å². The number of furan rings is 1. The van der Waals surface area contributed by atoms with E-state index in [-0.39, 0.29) is 0 Å². The van der Waals surface area contributed by atoms with E-state index in [1.807, 2.05) is 30.3 Å². The molecule has 0 saturated heterocycles. The maximum absolute atomic E-state index is 6.20. The second-order valence-electron chi connectivity index (χ2n) is 14.4. The lowest BCUT2D eigenvalue weighted by molar-refractivity contribution is 0.669. The van der Waals surface area contributed by atoms with Gasteiger partial charge in [0.15, 0.2) is 5.82 Å². The zero-order valence-corrected chi connectivity index (χ0v) is 30.4. The molecule has 3 nitrogen and oxygen atoms in total. The van der Waals surface area contributed by atoms with Gasteiger partial charge in [0.25, 0.3) is 0 Å². The molecule has 0 radical (unpaired) electrons. The Labute approximate surface area is 325 Å². The van der Waals surface area contributed by atoms with E-state index in [2.05, 4.69) is 176 Å². The van der Waals surface area contributed by atoms with Gasteiger partial charge in [0.1, 0.15) is 11.2 Å². The molecule has 2 heterocycles. The number of aromatic nitrogens is 2. The molecule has 1 aliphatic rings. The minimum absolute atomic E-state index is 0.549. The van der Waals surface area contributed by atoms with Crippen LogP contribution in [0.25, 0.3) is 78.1 Å². The Morgan fingerprint density at radius 2 is 0.911 bits per heavy atom. The molecule has 0 atom stereocenters. The van der Waals surface area contributed by atoms with E-state index in [0.29, 0.717) is 5.82 Å². The Kier molecular flexibility index (Phi) is 7.39. The predicted molar refractivity (Wildman–Crippen MR) is 228 cm³/mol. The largest absolute Gasteiger partial charge is 0.456 e. The smallest absolute Gasteiger partial charge is 0.160 e. The lowest BCUT2D eigenvalue weighted by atomic mass is 9.66. The van der Waals surface area contributed by atoms with Gasteiger partial charge in [0.05, 0.1) is 16.8 Å². The van der Waals surface area contributed by atoms with Crippen LogP contribution in [0.3, 0.4) is 0 Å². The number of hydrogen-bond acceptors (Lipinski definition) is 3. The molecule has 0 N–H and O–H groups in total. The van der Waals surface area contributed by atoms with E-state index in [1.165, 1.54) is 38.9 Å². The molecule has 0 bridgehead atoms. The number of para-hydroxylation sites is 1. The first kappa shape index (κ1) is 32.1. The van der Waals surface area contributed by atoms with Gasteiger partial charge in [-0.05, 0) is 74.8 Å². The first-order valence-corrected chi connectivity index (χ1v) is 19.1. The van der Waals surface area contributed by atoms with Crippen molar-refractivity contribution in [1.82, 2.24) is 9.97 Å². The Morgan fingerprint density at radius 1 is 0.357 bits per heavy atom. The fourth-order valence-electron chi connectivity index (χ4n) is 9.00. The maximum Gasteiger partial charge on any atom is 0.160 e. The number of fused-ring (bicyclic) bond motifs is 6. The second kappa shape index (κ2) is 12.9. The van der Waals surface area contributed by atoms with Crippen molar-refractivity contribution in [2.75, 3.05) is 0 Å². The Hall–Kier alpha value is -7.36. The summed E-state index contributed by atoms with van der Waals surface area (Å²) in [5.74, 6) is 0.679. The van der Waals surface area contributed by atoms with Crippen molar-refractivity contribution >= 4 is 21.9 Å². The highest BCUT2D eigenvalue weighted by Crippen LogP contribution is 2.59. The van der Waals surface area contributed by atoms with Gasteiger partial charge in [-0.25, -0.2) is 9.97 Å².